The van der Waals surface area contributed by atoms with Gasteiger partial charge in [0.05, 0.1) is 12.8 Å². The molecule has 1 aromatic carbocycles. The summed E-state index contributed by atoms with van der Waals surface area (Å²) in [7, 11) is 0. The molecule has 1 N–H and O–H groups in total. The second-order valence-corrected chi connectivity index (χ2v) is 5.15. The summed E-state index contributed by atoms with van der Waals surface area (Å²) in [6.07, 6.45) is 3.30. The molecule has 1 fully saturated rings. The number of rotatable bonds is 4. The molecule has 1 aromatic heterocycles. The van der Waals surface area contributed by atoms with Crippen LogP contribution in [-0.2, 0) is 0 Å². The molecule has 3 unspecified atom stereocenters. The minimum Gasteiger partial charge on any atom is -0.506 e. The zero-order valence-corrected chi connectivity index (χ0v) is 10.9. The van der Waals surface area contributed by atoms with Crippen molar-refractivity contribution in [2.24, 2.45) is 11.8 Å². The van der Waals surface area contributed by atoms with Crippen LogP contribution in [0.25, 0.3) is 0 Å². The highest BCUT2D eigenvalue weighted by atomic mass is 16.5. The van der Waals surface area contributed by atoms with Gasteiger partial charge in [-0.2, -0.15) is 0 Å². The van der Waals surface area contributed by atoms with Crippen molar-refractivity contribution in [1.82, 2.24) is 4.98 Å². The normalized spacial score (nSPS) is 25.0. The van der Waals surface area contributed by atoms with Gasteiger partial charge in [0.2, 0.25) is 0 Å². The third-order valence-corrected chi connectivity index (χ3v) is 3.88. The second-order valence-electron chi connectivity index (χ2n) is 5.15. The first-order valence-electron chi connectivity index (χ1n) is 6.57. The number of hydrogen-bond acceptors (Lipinski definition) is 3. The van der Waals surface area contributed by atoms with E-state index in [4.69, 9.17) is 4.74 Å². The van der Waals surface area contributed by atoms with E-state index in [-0.39, 0.29) is 5.75 Å². The van der Waals surface area contributed by atoms with Crippen LogP contribution < -0.4 is 4.74 Å². The van der Waals surface area contributed by atoms with E-state index in [1.165, 1.54) is 6.20 Å². The molecule has 98 valence electrons. The number of aromatic hydroxyl groups is 1. The summed E-state index contributed by atoms with van der Waals surface area (Å²) in [4.78, 5) is 4.04. The SMILES string of the molecule is CC1C(COc2ccccc2)C1c1cncc(O)c1. The Balaban J connectivity index is 1.62. The highest BCUT2D eigenvalue weighted by Crippen LogP contribution is 2.53. The summed E-state index contributed by atoms with van der Waals surface area (Å²) in [5.74, 6) is 2.67. The fraction of sp³-hybridized carbons (Fsp3) is 0.312. The predicted octanol–water partition coefficient (Wildman–Crippen LogP) is 3.22. The fourth-order valence-corrected chi connectivity index (χ4v) is 2.69. The van der Waals surface area contributed by atoms with Crippen molar-refractivity contribution in [2.45, 2.75) is 12.8 Å². The van der Waals surface area contributed by atoms with Crippen LogP contribution >= 0.6 is 0 Å². The van der Waals surface area contributed by atoms with Crippen molar-refractivity contribution in [3.63, 3.8) is 0 Å². The average molecular weight is 255 g/mol. The lowest BCUT2D eigenvalue weighted by atomic mass is 10.1. The first-order chi connectivity index (χ1) is 9.25. The van der Waals surface area contributed by atoms with Crippen molar-refractivity contribution >= 4 is 0 Å². The maximum Gasteiger partial charge on any atom is 0.134 e. The van der Waals surface area contributed by atoms with Crippen LogP contribution in [0.15, 0.2) is 48.8 Å². The van der Waals surface area contributed by atoms with Gasteiger partial charge in [-0.1, -0.05) is 25.1 Å². The number of pyridine rings is 1. The summed E-state index contributed by atoms with van der Waals surface area (Å²) in [5, 5.41) is 9.48. The summed E-state index contributed by atoms with van der Waals surface area (Å²) in [5.41, 5.74) is 1.11. The van der Waals surface area contributed by atoms with Gasteiger partial charge in [-0.3, -0.25) is 4.98 Å². The van der Waals surface area contributed by atoms with E-state index in [1.807, 2.05) is 36.5 Å². The van der Waals surface area contributed by atoms with E-state index in [9.17, 15) is 5.11 Å². The number of ether oxygens (including phenoxy) is 1. The van der Waals surface area contributed by atoms with Crippen LogP contribution in [0.4, 0.5) is 0 Å². The predicted molar refractivity (Wildman–Crippen MR) is 73.2 cm³/mol. The molecule has 19 heavy (non-hydrogen) atoms. The molecule has 0 saturated heterocycles. The summed E-state index contributed by atoms with van der Waals surface area (Å²) in [6.45, 7) is 2.93. The first-order valence-corrected chi connectivity index (χ1v) is 6.57. The lowest BCUT2D eigenvalue weighted by Crippen LogP contribution is -2.01. The van der Waals surface area contributed by atoms with Gasteiger partial charge in [-0.05, 0) is 35.6 Å². The van der Waals surface area contributed by atoms with E-state index in [0.717, 1.165) is 11.3 Å². The van der Waals surface area contributed by atoms with E-state index in [0.29, 0.717) is 24.4 Å². The molecule has 0 amide bonds. The van der Waals surface area contributed by atoms with Gasteiger partial charge < -0.3 is 9.84 Å². The third-order valence-electron chi connectivity index (χ3n) is 3.88. The Kier molecular flexibility index (Phi) is 3.11. The Morgan fingerprint density at radius 3 is 2.74 bits per heavy atom. The van der Waals surface area contributed by atoms with Crippen LogP contribution in [0, 0.1) is 11.8 Å². The standard InChI is InChI=1S/C16H17NO2/c1-11-15(10-19-14-5-3-2-4-6-14)16(11)12-7-13(18)9-17-8-12/h2-9,11,15-16,18H,10H2,1H3. The number of nitrogens with zero attached hydrogens (tertiary/aromatic N) is 1. The van der Waals surface area contributed by atoms with Gasteiger partial charge in [0, 0.05) is 12.1 Å². The molecular weight excluding hydrogens is 238 g/mol. The lowest BCUT2D eigenvalue weighted by Gasteiger charge is -2.05. The van der Waals surface area contributed by atoms with Gasteiger partial charge in [0.1, 0.15) is 11.5 Å². The second kappa shape index (κ2) is 4.92. The van der Waals surface area contributed by atoms with Crippen LogP contribution in [0.5, 0.6) is 11.5 Å². The number of benzene rings is 1. The Morgan fingerprint density at radius 2 is 2.00 bits per heavy atom. The Morgan fingerprint density at radius 1 is 1.21 bits per heavy atom. The van der Waals surface area contributed by atoms with Crippen LogP contribution in [-0.4, -0.2) is 16.7 Å². The number of aromatic nitrogens is 1. The molecule has 2 aromatic rings. The minimum atomic E-state index is 0.235. The van der Waals surface area contributed by atoms with Gasteiger partial charge in [0.15, 0.2) is 0 Å². The highest BCUT2D eigenvalue weighted by molar-refractivity contribution is 5.31. The van der Waals surface area contributed by atoms with Crippen molar-refractivity contribution in [3.8, 4) is 11.5 Å². The van der Waals surface area contributed by atoms with Crippen molar-refractivity contribution in [1.29, 1.82) is 0 Å². The molecule has 0 bridgehead atoms. The van der Waals surface area contributed by atoms with Crippen LogP contribution in [0.3, 0.4) is 0 Å². The Hall–Kier alpha value is -2.03. The fourth-order valence-electron chi connectivity index (χ4n) is 2.69. The molecule has 1 aliphatic carbocycles. The van der Waals surface area contributed by atoms with Gasteiger partial charge >= 0.3 is 0 Å². The van der Waals surface area contributed by atoms with E-state index < -0.39 is 0 Å². The van der Waals surface area contributed by atoms with Crippen molar-refractivity contribution < 1.29 is 9.84 Å². The number of para-hydroxylation sites is 1. The lowest BCUT2D eigenvalue weighted by molar-refractivity contribution is 0.291. The smallest absolute Gasteiger partial charge is 0.134 e. The van der Waals surface area contributed by atoms with E-state index in [2.05, 4.69) is 11.9 Å². The Bertz CT molecular complexity index is 556. The third kappa shape index (κ3) is 2.55. The van der Waals surface area contributed by atoms with Crippen LogP contribution in [0.2, 0.25) is 0 Å². The van der Waals surface area contributed by atoms with Gasteiger partial charge in [0.25, 0.3) is 0 Å². The molecule has 3 heteroatoms. The maximum atomic E-state index is 9.48. The molecule has 1 saturated carbocycles. The van der Waals surface area contributed by atoms with E-state index in [1.54, 1.807) is 6.07 Å². The number of hydrogen-bond donors (Lipinski definition) is 1. The van der Waals surface area contributed by atoms with Crippen molar-refractivity contribution in [3.05, 3.63) is 54.4 Å². The monoisotopic (exact) mass is 255 g/mol. The van der Waals surface area contributed by atoms with E-state index >= 15 is 0 Å². The molecule has 1 heterocycles. The van der Waals surface area contributed by atoms with Gasteiger partial charge in [-0.15, -0.1) is 0 Å². The summed E-state index contributed by atoms with van der Waals surface area (Å²) >= 11 is 0. The molecule has 3 atom stereocenters. The van der Waals surface area contributed by atoms with Crippen molar-refractivity contribution in [2.75, 3.05) is 6.61 Å². The molecule has 3 nitrogen and oxygen atoms in total. The molecule has 0 radical (unpaired) electrons. The molecule has 3 rings (SSSR count). The Labute approximate surface area is 112 Å². The maximum absolute atomic E-state index is 9.48. The quantitative estimate of drug-likeness (QED) is 0.912. The zero-order chi connectivity index (χ0) is 13.2. The van der Waals surface area contributed by atoms with Crippen LogP contribution in [0.1, 0.15) is 18.4 Å². The largest absolute Gasteiger partial charge is 0.506 e. The molecule has 1 aliphatic rings. The average Bonchev–Trinajstić information content (AvgIpc) is 3.08. The highest BCUT2D eigenvalue weighted by Gasteiger charge is 2.48. The first kappa shape index (κ1) is 12.0. The zero-order valence-electron chi connectivity index (χ0n) is 10.9. The van der Waals surface area contributed by atoms with Gasteiger partial charge in [-0.25, -0.2) is 0 Å². The molecular formula is C16H17NO2. The molecule has 0 aliphatic heterocycles. The topological polar surface area (TPSA) is 42.4 Å². The molecule has 0 spiro atoms. The minimum absolute atomic E-state index is 0.235. The summed E-state index contributed by atoms with van der Waals surface area (Å²) in [6, 6.07) is 11.7. The summed E-state index contributed by atoms with van der Waals surface area (Å²) < 4.78 is 5.80.